The third-order valence-corrected chi connectivity index (χ3v) is 4.88. The molecule has 0 aromatic heterocycles. The van der Waals surface area contributed by atoms with E-state index >= 15 is 0 Å². The Morgan fingerprint density at radius 1 is 1.00 bits per heavy atom. The summed E-state index contributed by atoms with van der Waals surface area (Å²) in [5, 5.41) is 3.82. The number of rotatable bonds is 7. The lowest BCUT2D eigenvalue weighted by Crippen LogP contribution is -2.24. The maximum Gasteiger partial charge on any atom is 0.0348 e. The molecule has 2 fully saturated rings. The normalized spacial score (nSPS) is 21.7. The molecule has 0 amide bonds. The lowest BCUT2D eigenvalue weighted by Gasteiger charge is -2.19. The van der Waals surface area contributed by atoms with E-state index in [0.29, 0.717) is 6.04 Å². The van der Waals surface area contributed by atoms with Crippen molar-refractivity contribution >= 4 is 0 Å². The van der Waals surface area contributed by atoms with Crippen LogP contribution in [-0.2, 0) is 0 Å². The van der Waals surface area contributed by atoms with Crippen molar-refractivity contribution in [3.05, 3.63) is 35.9 Å². The van der Waals surface area contributed by atoms with Gasteiger partial charge in [0.05, 0.1) is 0 Å². The summed E-state index contributed by atoms with van der Waals surface area (Å²) in [7, 11) is 0. The Morgan fingerprint density at radius 3 is 2.42 bits per heavy atom. The molecule has 1 nitrogen and oxygen atoms in total. The Balaban J connectivity index is 1.43. The van der Waals surface area contributed by atoms with Crippen molar-refractivity contribution in [2.75, 3.05) is 6.54 Å². The van der Waals surface area contributed by atoms with Gasteiger partial charge in [-0.1, -0.05) is 56.0 Å². The Morgan fingerprint density at radius 2 is 1.74 bits per heavy atom. The van der Waals surface area contributed by atoms with E-state index in [9.17, 15) is 0 Å². The molecule has 0 aliphatic heterocycles. The third-order valence-electron chi connectivity index (χ3n) is 4.88. The van der Waals surface area contributed by atoms with Crippen LogP contribution >= 0.6 is 0 Å². The lowest BCUT2D eigenvalue weighted by molar-refractivity contribution is 0.430. The Hall–Kier alpha value is -0.820. The van der Waals surface area contributed by atoms with Crippen molar-refractivity contribution < 1.29 is 0 Å². The fourth-order valence-electron chi connectivity index (χ4n) is 3.59. The molecule has 0 spiro atoms. The predicted octanol–water partition coefficient (Wildman–Crippen LogP) is 4.70. The van der Waals surface area contributed by atoms with Crippen molar-refractivity contribution in [2.24, 2.45) is 11.8 Å². The molecular weight excluding hydrogens is 230 g/mol. The monoisotopic (exact) mass is 257 g/mol. The van der Waals surface area contributed by atoms with Crippen LogP contribution in [0, 0.1) is 11.8 Å². The molecule has 3 rings (SSSR count). The van der Waals surface area contributed by atoms with Crippen LogP contribution in [0.5, 0.6) is 0 Å². The standard InChI is InChI=1S/C18H27N/c1-2-10-16(11-3-1)18(17-12-13-17)19-14-6-9-15-7-4-5-8-15/h1-3,10-11,15,17-19H,4-9,12-14H2. The quantitative estimate of drug-likeness (QED) is 0.698. The van der Waals surface area contributed by atoms with Gasteiger partial charge in [-0.3, -0.25) is 0 Å². The molecule has 1 unspecified atom stereocenters. The van der Waals surface area contributed by atoms with E-state index in [-0.39, 0.29) is 0 Å². The maximum absolute atomic E-state index is 3.82. The SMILES string of the molecule is c1ccc(C(NCCCC2CCCC2)C2CC2)cc1. The largest absolute Gasteiger partial charge is 0.310 e. The van der Waals surface area contributed by atoms with E-state index < -0.39 is 0 Å². The number of benzene rings is 1. The van der Waals surface area contributed by atoms with E-state index in [0.717, 1.165) is 11.8 Å². The van der Waals surface area contributed by atoms with Gasteiger partial charge in [0.15, 0.2) is 0 Å². The van der Waals surface area contributed by atoms with Gasteiger partial charge >= 0.3 is 0 Å². The third kappa shape index (κ3) is 3.82. The Labute approximate surface area is 117 Å². The minimum absolute atomic E-state index is 0.616. The Kier molecular flexibility index (Phi) is 4.55. The average Bonchev–Trinajstić information content (AvgIpc) is 3.15. The second-order valence-corrected chi connectivity index (χ2v) is 6.47. The van der Waals surface area contributed by atoms with Crippen molar-refractivity contribution in [3.63, 3.8) is 0 Å². The van der Waals surface area contributed by atoms with Crippen LogP contribution in [0.1, 0.15) is 63.0 Å². The predicted molar refractivity (Wildman–Crippen MR) is 81.1 cm³/mol. The zero-order chi connectivity index (χ0) is 12.9. The van der Waals surface area contributed by atoms with Crippen LogP contribution < -0.4 is 5.32 Å². The van der Waals surface area contributed by atoms with Gasteiger partial charge in [-0.15, -0.1) is 0 Å². The molecule has 0 bridgehead atoms. The smallest absolute Gasteiger partial charge is 0.0348 e. The van der Waals surface area contributed by atoms with Crippen LogP contribution in [-0.4, -0.2) is 6.54 Å². The van der Waals surface area contributed by atoms with Crippen molar-refractivity contribution in [1.82, 2.24) is 5.32 Å². The molecule has 2 saturated carbocycles. The van der Waals surface area contributed by atoms with Crippen LogP contribution in [0.2, 0.25) is 0 Å². The highest BCUT2D eigenvalue weighted by atomic mass is 14.9. The van der Waals surface area contributed by atoms with Crippen molar-refractivity contribution in [2.45, 2.75) is 57.4 Å². The number of hydrogen-bond donors (Lipinski definition) is 1. The summed E-state index contributed by atoms with van der Waals surface area (Å²) in [6, 6.07) is 11.6. The molecular formula is C18H27N. The van der Waals surface area contributed by atoms with Crippen molar-refractivity contribution in [1.29, 1.82) is 0 Å². The summed E-state index contributed by atoms with van der Waals surface area (Å²) in [6.07, 6.45) is 11.6. The van der Waals surface area contributed by atoms with E-state index in [1.165, 1.54) is 63.5 Å². The van der Waals surface area contributed by atoms with Gasteiger partial charge in [0.1, 0.15) is 0 Å². The average molecular weight is 257 g/mol. The first-order valence-corrected chi connectivity index (χ1v) is 8.22. The van der Waals surface area contributed by atoms with Crippen LogP contribution in [0.15, 0.2) is 30.3 Å². The summed E-state index contributed by atoms with van der Waals surface area (Å²) in [5.41, 5.74) is 1.49. The second-order valence-electron chi connectivity index (χ2n) is 6.47. The number of hydrogen-bond acceptors (Lipinski definition) is 1. The number of nitrogens with one attached hydrogen (secondary N) is 1. The zero-order valence-electron chi connectivity index (χ0n) is 12.0. The molecule has 1 aromatic rings. The molecule has 1 N–H and O–H groups in total. The van der Waals surface area contributed by atoms with Gasteiger partial charge in [0.2, 0.25) is 0 Å². The van der Waals surface area contributed by atoms with Gasteiger partial charge in [0, 0.05) is 6.04 Å². The fourth-order valence-corrected chi connectivity index (χ4v) is 3.59. The van der Waals surface area contributed by atoms with Crippen LogP contribution in [0.3, 0.4) is 0 Å². The summed E-state index contributed by atoms with van der Waals surface area (Å²) in [4.78, 5) is 0. The maximum atomic E-state index is 3.82. The van der Waals surface area contributed by atoms with Gasteiger partial charge in [-0.2, -0.15) is 0 Å². The summed E-state index contributed by atoms with van der Waals surface area (Å²) < 4.78 is 0. The molecule has 19 heavy (non-hydrogen) atoms. The first-order chi connectivity index (χ1) is 9.43. The van der Waals surface area contributed by atoms with Crippen LogP contribution in [0.4, 0.5) is 0 Å². The van der Waals surface area contributed by atoms with E-state index in [1.807, 2.05) is 0 Å². The summed E-state index contributed by atoms with van der Waals surface area (Å²) >= 11 is 0. The molecule has 2 aliphatic carbocycles. The van der Waals surface area contributed by atoms with Gasteiger partial charge in [-0.25, -0.2) is 0 Å². The summed E-state index contributed by atoms with van der Waals surface area (Å²) in [5.74, 6) is 1.94. The minimum atomic E-state index is 0.616. The summed E-state index contributed by atoms with van der Waals surface area (Å²) in [6.45, 7) is 1.20. The minimum Gasteiger partial charge on any atom is -0.310 e. The molecule has 0 radical (unpaired) electrons. The van der Waals surface area contributed by atoms with E-state index in [2.05, 4.69) is 35.6 Å². The van der Waals surface area contributed by atoms with Crippen LogP contribution in [0.25, 0.3) is 0 Å². The van der Waals surface area contributed by atoms with Gasteiger partial charge < -0.3 is 5.32 Å². The zero-order valence-corrected chi connectivity index (χ0v) is 12.0. The highest BCUT2D eigenvalue weighted by Crippen LogP contribution is 2.41. The topological polar surface area (TPSA) is 12.0 Å². The molecule has 1 heteroatoms. The second kappa shape index (κ2) is 6.56. The molecule has 104 valence electrons. The van der Waals surface area contributed by atoms with E-state index in [4.69, 9.17) is 0 Å². The molecule has 2 aliphatic rings. The van der Waals surface area contributed by atoms with E-state index in [1.54, 1.807) is 0 Å². The molecule has 0 heterocycles. The molecule has 1 atom stereocenters. The first kappa shape index (κ1) is 13.2. The highest BCUT2D eigenvalue weighted by molar-refractivity contribution is 5.21. The first-order valence-electron chi connectivity index (χ1n) is 8.22. The lowest BCUT2D eigenvalue weighted by atomic mass is 10.00. The van der Waals surface area contributed by atoms with Crippen molar-refractivity contribution in [3.8, 4) is 0 Å². The van der Waals surface area contributed by atoms with Gasteiger partial charge in [-0.05, 0) is 49.6 Å². The highest BCUT2D eigenvalue weighted by Gasteiger charge is 2.31. The molecule has 0 saturated heterocycles. The fraction of sp³-hybridized carbons (Fsp3) is 0.667. The molecule has 1 aromatic carbocycles. The van der Waals surface area contributed by atoms with Gasteiger partial charge in [0.25, 0.3) is 0 Å². The Bertz CT molecular complexity index is 363.